The van der Waals surface area contributed by atoms with Gasteiger partial charge in [0, 0.05) is 32.6 Å². The van der Waals surface area contributed by atoms with Crippen molar-refractivity contribution in [3.05, 3.63) is 34.9 Å². The van der Waals surface area contributed by atoms with E-state index < -0.39 is 0 Å². The molecule has 0 aromatic heterocycles. The first kappa shape index (κ1) is 15.5. The predicted octanol–water partition coefficient (Wildman–Crippen LogP) is 2.66. The van der Waals surface area contributed by atoms with Crippen LogP contribution < -0.4 is 0 Å². The summed E-state index contributed by atoms with van der Waals surface area (Å²) in [4.78, 5) is 16.6. The number of likely N-dealkylation sites (N-methyl/N-ethyl adjacent to an activating group) is 1. The number of benzene rings is 1. The van der Waals surface area contributed by atoms with Crippen LogP contribution in [0.4, 0.5) is 0 Å². The van der Waals surface area contributed by atoms with Crippen LogP contribution in [0.25, 0.3) is 0 Å². The van der Waals surface area contributed by atoms with E-state index in [0.29, 0.717) is 12.3 Å². The minimum atomic E-state index is 0.339. The number of nitrogens with zero attached hydrogens (tertiary/aromatic N) is 2. The van der Waals surface area contributed by atoms with Crippen molar-refractivity contribution in [1.82, 2.24) is 9.80 Å². The zero-order valence-corrected chi connectivity index (χ0v) is 13.8. The van der Waals surface area contributed by atoms with Gasteiger partial charge in [-0.15, -0.1) is 0 Å². The number of hydrogen-bond acceptors (Lipinski definition) is 2. The summed E-state index contributed by atoms with van der Waals surface area (Å²) >= 11 is 0. The van der Waals surface area contributed by atoms with E-state index in [1.165, 1.54) is 31.2 Å². The summed E-state index contributed by atoms with van der Waals surface area (Å²) in [5.74, 6) is 0.339. The van der Waals surface area contributed by atoms with Crippen molar-refractivity contribution in [2.75, 3.05) is 33.2 Å². The zero-order valence-electron chi connectivity index (χ0n) is 13.8. The molecule has 0 unspecified atom stereocenters. The van der Waals surface area contributed by atoms with Gasteiger partial charge in [0.1, 0.15) is 0 Å². The Morgan fingerprint density at radius 3 is 2.55 bits per heavy atom. The summed E-state index contributed by atoms with van der Waals surface area (Å²) < 4.78 is 0. The molecule has 1 aliphatic carbocycles. The van der Waals surface area contributed by atoms with Crippen LogP contribution in [0, 0.1) is 0 Å². The highest BCUT2D eigenvalue weighted by atomic mass is 16.2. The number of rotatable bonds is 4. The van der Waals surface area contributed by atoms with E-state index in [4.69, 9.17) is 0 Å². The molecular weight excluding hydrogens is 272 g/mol. The average Bonchev–Trinajstić information content (AvgIpc) is 2.55. The van der Waals surface area contributed by atoms with Crippen molar-refractivity contribution in [3.8, 4) is 0 Å². The molecule has 1 saturated heterocycles. The van der Waals surface area contributed by atoms with Gasteiger partial charge >= 0.3 is 0 Å². The Morgan fingerprint density at radius 1 is 1.05 bits per heavy atom. The summed E-state index contributed by atoms with van der Waals surface area (Å²) in [5, 5.41) is 0. The molecule has 1 aliphatic heterocycles. The van der Waals surface area contributed by atoms with E-state index in [1.54, 1.807) is 11.1 Å². The molecule has 1 amide bonds. The fourth-order valence-corrected chi connectivity index (χ4v) is 3.60. The first-order valence-corrected chi connectivity index (χ1v) is 8.79. The van der Waals surface area contributed by atoms with Crippen LogP contribution in [0.1, 0.15) is 42.4 Å². The summed E-state index contributed by atoms with van der Waals surface area (Å²) in [6, 6.07) is 6.96. The van der Waals surface area contributed by atoms with Crippen molar-refractivity contribution in [3.63, 3.8) is 0 Å². The standard InChI is InChI=1S/C19H28N2O/c1-20-11-13-21(14-12-20)19(22)8-4-5-16-9-10-17-6-2-3-7-18(17)15-16/h9-10,15H,2-8,11-14H2,1H3. The molecule has 22 heavy (non-hydrogen) atoms. The maximum atomic E-state index is 12.2. The molecule has 0 N–H and O–H groups in total. The molecule has 0 saturated carbocycles. The molecule has 2 aliphatic rings. The first-order valence-electron chi connectivity index (χ1n) is 8.79. The molecule has 3 rings (SSSR count). The van der Waals surface area contributed by atoms with E-state index in [1.807, 2.05) is 4.90 Å². The van der Waals surface area contributed by atoms with Gasteiger partial charge < -0.3 is 9.80 Å². The third-order valence-electron chi connectivity index (χ3n) is 5.12. The molecule has 1 aromatic rings. The normalized spacial score (nSPS) is 19.0. The fourth-order valence-electron chi connectivity index (χ4n) is 3.60. The number of carbonyl (C=O) groups is 1. The van der Waals surface area contributed by atoms with Crippen molar-refractivity contribution < 1.29 is 4.79 Å². The summed E-state index contributed by atoms with van der Waals surface area (Å²) in [7, 11) is 2.12. The lowest BCUT2D eigenvalue weighted by Crippen LogP contribution is -2.47. The van der Waals surface area contributed by atoms with E-state index in [-0.39, 0.29) is 0 Å². The average molecular weight is 300 g/mol. The predicted molar refractivity (Wildman–Crippen MR) is 90.1 cm³/mol. The van der Waals surface area contributed by atoms with Gasteiger partial charge in [0.2, 0.25) is 5.91 Å². The van der Waals surface area contributed by atoms with Crippen LogP contribution in [0.5, 0.6) is 0 Å². The van der Waals surface area contributed by atoms with Crippen molar-refractivity contribution in [2.24, 2.45) is 0 Å². The van der Waals surface area contributed by atoms with Gasteiger partial charge in [-0.3, -0.25) is 4.79 Å². The van der Waals surface area contributed by atoms with Gasteiger partial charge in [-0.1, -0.05) is 18.2 Å². The lowest BCUT2D eigenvalue weighted by molar-refractivity contribution is -0.132. The Kier molecular flexibility index (Phi) is 5.14. The zero-order chi connectivity index (χ0) is 15.4. The Morgan fingerprint density at radius 2 is 1.77 bits per heavy atom. The Balaban J connectivity index is 1.45. The van der Waals surface area contributed by atoms with E-state index in [0.717, 1.165) is 39.0 Å². The van der Waals surface area contributed by atoms with Crippen LogP contribution in [-0.2, 0) is 24.1 Å². The highest BCUT2D eigenvalue weighted by Crippen LogP contribution is 2.23. The third-order valence-corrected chi connectivity index (χ3v) is 5.12. The largest absolute Gasteiger partial charge is 0.340 e. The van der Waals surface area contributed by atoms with Gasteiger partial charge in [-0.2, -0.15) is 0 Å². The van der Waals surface area contributed by atoms with E-state index in [2.05, 4.69) is 30.1 Å². The first-order chi connectivity index (χ1) is 10.7. The maximum absolute atomic E-state index is 12.2. The number of aryl methyl sites for hydroxylation is 3. The second-order valence-electron chi connectivity index (χ2n) is 6.85. The van der Waals surface area contributed by atoms with Crippen LogP contribution in [0.3, 0.4) is 0 Å². The van der Waals surface area contributed by atoms with Gasteiger partial charge in [-0.25, -0.2) is 0 Å². The second-order valence-corrected chi connectivity index (χ2v) is 6.85. The molecule has 3 nitrogen and oxygen atoms in total. The maximum Gasteiger partial charge on any atom is 0.222 e. The van der Waals surface area contributed by atoms with Gasteiger partial charge in [0.25, 0.3) is 0 Å². The number of hydrogen-bond donors (Lipinski definition) is 0. The monoisotopic (exact) mass is 300 g/mol. The molecule has 1 fully saturated rings. The molecule has 1 heterocycles. The molecule has 0 spiro atoms. The van der Waals surface area contributed by atoms with Crippen LogP contribution in [-0.4, -0.2) is 48.9 Å². The minimum Gasteiger partial charge on any atom is -0.340 e. The van der Waals surface area contributed by atoms with Gasteiger partial charge in [0.05, 0.1) is 0 Å². The summed E-state index contributed by atoms with van der Waals surface area (Å²) in [6.07, 6.45) is 7.86. The van der Waals surface area contributed by atoms with Gasteiger partial charge in [-0.05, 0) is 62.3 Å². The van der Waals surface area contributed by atoms with E-state index >= 15 is 0 Å². The highest BCUT2D eigenvalue weighted by Gasteiger charge is 2.18. The summed E-state index contributed by atoms with van der Waals surface area (Å²) in [6.45, 7) is 3.81. The van der Waals surface area contributed by atoms with Crippen LogP contribution in [0.15, 0.2) is 18.2 Å². The lowest BCUT2D eigenvalue weighted by atomic mass is 9.89. The molecule has 0 radical (unpaired) electrons. The number of piperazine rings is 1. The molecule has 1 aromatic carbocycles. The Labute approximate surface area is 134 Å². The highest BCUT2D eigenvalue weighted by molar-refractivity contribution is 5.76. The summed E-state index contributed by atoms with van der Waals surface area (Å²) in [5.41, 5.74) is 4.50. The Hall–Kier alpha value is -1.35. The fraction of sp³-hybridized carbons (Fsp3) is 0.632. The quantitative estimate of drug-likeness (QED) is 0.853. The number of fused-ring (bicyclic) bond motifs is 1. The Bertz CT molecular complexity index is 518. The second kappa shape index (κ2) is 7.28. The number of carbonyl (C=O) groups excluding carboxylic acids is 1. The van der Waals surface area contributed by atoms with Gasteiger partial charge in [0.15, 0.2) is 0 Å². The van der Waals surface area contributed by atoms with Crippen molar-refractivity contribution in [2.45, 2.75) is 44.9 Å². The minimum absolute atomic E-state index is 0.339. The van der Waals surface area contributed by atoms with E-state index in [9.17, 15) is 4.79 Å². The molecule has 120 valence electrons. The van der Waals surface area contributed by atoms with Crippen molar-refractivity contribution in [1.29, 1.82) is 0 Å². The van der Waals surface area contributed by atoms with Crippen LogP contribution >= 0.6 is 0 Å². The number of amides is 1. The lowest BCUT2D eigenvalue weighted by Gasteiger charge is -2.32. The molecule has 3 heteroatoms. The van der Waals surface area contributed by atoms with Crippen molar-refractivity contribution >= 4 is 5.91 Å². The topological polar surface area (TPSA) is 23.6 Å². The van der Waals surface area contributed by atoms with Crippen LogP contribution in [0.2, 0.25) is 0 Å². The molecule has 0 atom stereocenters. The third kappa shape index (κ3) is 3.89. The smallest absolute Gasteiger partial charge is 0.222 e. The molecular formula is C19H28N2O. The SMILES string of the molecule is CN1CCN(C(=O)CCCc2ccc3c(c2)CCCC3)CC1. The molecule has 0 bridgehead atoms.